The smallest absolute Gasteiger partial charge is 0.229 e. The van der Waals surface area contributed by atoms with Crippen molar-refractivity contribution < 1.29 is 17.5 Å². The molecule has 8 heteroatoms. The molecule has 6 nitrogen and oxygen atoms in total. The summed E-state index contributed by atoms with van der Waals surface area (Å²) in [6.45, 7) is 1.25. The summed E-state index contributed by atoms with van der Waals surface area (Å²) >= 11 is 0. The Morgan fingerprint density at radius 1 is 1.26 bits per heavy atom. The van der Waals surface area contributed by atoms with Crippen molar-refractivity contribution in [1.82, 2.24) is 4.90 Å². The Bertz CT molecular complexity index is 1050. The van der Waals surface area contributed by atoms with Crippen molar-refractivity contribution in [3.05, 3.63) is 46.8 Å². The SMILES string of the molecule is COc1ccc(F)cc1-c1cc(C#N)c(NS(C)(=O)=O)c2c1CCN(C)C2. The van der Waals surface area contributed by atoms with Crippen molar-refractivity contribution >= 4 is 15.7 Å². The van der Waals surface area contributed by atoms with E-state index in [0.29, 0.717) is 35.5 Å². The van der Waals surface area contributed by atoms with E-state index in [1.807, 2.05) is 11.9 Å². The van der Waals surface area contributed by atoms with E-state index in [9.17, 15) is 18.1 Å². The van der Waals surface area contributed by atoms with Crippen LogP contribution in [0.5, 0.6) is 5.75 Å². The first-order valence-corrected chi connectivity index (χ1v) is 10.2. The number of hydrogen-bond acceptors (Lipinski definition) is 5. The van der Waals surface area contributed by atoms with Crippen LogP contribution in [0, 0.1) is 17.1 Å². The average molecular weight is 389 g/mol. The number of methoxy groups -OCH3 is 1. The van der Waals surface area contributed by atoms with E-state index >= 15 is 0 Å². The summed E-state index contributed by atoms with van der Waals surface area (Å²) in [6.07, 6.45) is 1.70. The van der Waals surface area contributed by atoms with Crippen molar-refractivity contribution in [2.75, 3.05) is 31.7 Å². The summed E-state index contributed by atoms with van der Waals surface area (Å²) in [5.41, 5.74) is 3.33. The molecule has 0 atom stereocenters. The van der Waals surface area contributed by atoms with Gasteiger partial charge in [-0.05, 0) is 54.4 Å². The van der Waals surface area contributed by atoms with E-state index in [1.54, 1.807) is 12.1 Å². The number of rotatable bonds is 4. The molecule has 2 aromatic carbocycles. The van der Waals surface area contributed by atoms with E-state index in [0.717, 1.165) is 23.9 Å². The van der Waals surface area contributed by atoms with Crippen LogP contribution < -0.4 is 9.46 Å². The van der Waals surface area contributed by atoms with Crippen LogP contribution in [0.15, 0.2) is 24.3 Å². The second kappa shape index (κ2) is 7.18. The van der Waals surface area contributed by atoms with Crippen LogP contribution >= 0.6 is 0 Å². The van der Waals surface area contributed by atoms with E-state index in [2.05, 4.69) is 10.8 Å². The third-order valence-corrected chi connectivity index (χ3v) is 5.16. The summed E-state index contributed by atoms with van der Waals surface area (Å²) in [6, 6.07) is 7.90. The summed E-state index contributed by atoms with van der Waals surface area (Å²) in [7, 11) is -0.135. The molecule has 0 amide bonds. The minimum Gasteiger partial charge on any atom is -0.496 e. The summed E-state index contributed by atoms with van der Waals surface area (Å²) in [5.74, 6) is 0.0783. The molecule has 142 valence electrons. The van der Waals surface area contributed by atoms with Gasteiger partial charge in [0.2, 0.25) is 10.0 Å². The molecule has 0 saturated heterocycles. The fourth-order valence-corrected chi connectivity index (χ4v) is 4.02. The monoisotopic (exact) mass is 389 g/mol. The molecule has 0 bridgehead atoms. The quantitative estimate of drug-likeness (QED) is 0.869. The molecule has 1 N–H and O–H groups in total. The van der Waals surface area contributed by atoms with Gasteiger partial charge in [-0.15, -0.1) is 0 Å². The Hall–Kier alpha value is -2.63. The number of anilines is 1. The normalized spacial score (nSPS) is 14.3. The van der Waals surface area contributed by atoms with Gasteiger partial charge >= 0.3 is 0 Å². The highest BCUT2D eigenvalue weighted by molar-refractivity contribution is 7.92. The summed E-state index contributed by atoms with van der Waals surface area (Å²) in [4.78, 5) is 2.05. The van der Waals surface area contributed by atoms with Gasteiger partial charge in [-0.1, -0.05) is 0 Å². The van der Waals surface area contributed by atoms with Gasteiger partial charge in [0.1, 0.15) is 17.6 Å². The van der Waals surface area contributed by atoms with Crippen molar-refractivity contribution in [2.45, 2.75) is 13.0 Å². The Labute approximate surface area is 158 Å². The number of fused-ring (bicyclic) bond motifs is 1. The minimum absolute atomic E-state index is 0.191. The molecule has 0 aliphatic carbocycles. The number of halogens is 1. The van der Waals surface area contributed by atoms with Crippen LogP contribution in [-0.4, -0.2) is 40.3 Å². The maximum absolute atomic E-state index is 13.9. The highest BCUT2D eigenvalue weighted by Crippen LogP contribution is 2.40. The topological polar surface area (TPSA) is 82.4 Å². The Morgan fingerprint density at radius 3 is 2.63 bits per heavy atom. The number of sulfonamides is 1. The van der Waals surface area contributed by atoms with E-state index in [-0.39, 0.29) is 5.56 Å². The zero-order valence-electron chi connectivity index (χ0n) is 15.3. The van der Waals surface area contributed by atoms with Crippen LogP contribution in [-0.2, 0) is 23.0 Å². The molecule has 3 rings (SSSR count). The molecule has 0 unspecified atom stereocenters. The molecule has 1 aliphatic rings. The van der Waals surface area contributed by atoms with Crippen molar-refractivity contribution in [3.63, 3.8) is 0 Å². The number of benzene rings is 2. The molecule has 0 aromatic heterocycles. The standard InChI is InChI=1S/C19H20FN3O3S/c1-23-7-6-14-15(16-9-13(20)4-5-18(16)26-2)8-12(10-21)19(17(14)11-23)22-27(3,24)25/h4-5,8-9,22H,6-7,11H2,1-3H3. The summed E-state index contributed by atoms with van der Waals surface area (Å²) < 4.78 is 45.5. The second-order valence-corrected chi connectivity index (χ2v) is 8.37. The lowest BCUT2D eigenvalue weighted by Gasteiger charge is -2.30. The van der Waals surface area contributed by atoms with Crippen LogP contribution in [0.4, 0.5) is 10.1 Å². The molecule has 1 heterocycles. The van der Waals surface area contributed by atoms with Crippen LogP contribution in [0.25, 0.3) is 11.1 Å². The van der Waals surface area contributed by atoms with Gasteiger partial charge in [0.15, 0.2) is 0 Å². The predicted octanol–water partition coefficient (Wildman–Crippen LogP) is 2.73. The zero-order chi connectivity index (χ0) is 19.8. The van der Waals surface area contributed by atoms with E-state index < -0.39 is 15.8 Å². The molecule has 1 aliphatic heterocycles. The van der Waals surface area contributed by atoms with Gasteiger partial charge in [-0.2, -0.15) is 5.26 Å². The fourth-order valence-electron chi connectivity index (χ4n) is 3.41. The first kappa shape index (κ1) is 19.1. The molecular formula is C19H20FN3O3S. The van der Waals surface area contributed by atoms with Gasteiger partial charge in [0.05, 0.1) is 24.6 Å². The van der Waals surface area contributed by atoms with Crippen molar-refractivity contribution in [2.24, 2.45) is 0 Å². The van der Waals surface area contributed by atoms with Gasteiger partial charge in [-0.3, -0.25) is 4.72 Å². The first-order chi connectivity index (χ1) is 12.7. The third kappa shape index (κ3) is 3.89. The number of nitriles is 1. The lowest BCUT2D eigenvalue weighted by molar-refractivity contribution is 0.314. The Morgan fingerprint density at radius 2 is 2.00 bits per heavy atom. The molecule has 0 saturated carbocycles. The maximum atomic E-state index is 13.9. The number of ether oxygens (including phenoxy) is 1. The van der Waals surface area contributed by atoms with E-state index in [4.69, 9.17) is 4.74 Å². The maximum Gasteiger partial charge on any atom is 0.229 e. The minimum atomic E-state index is -3.56. The molecule has 0 spiro atoms. The van der Waals surface area contributed by atoms with Gasteiger partial charge in [0, 0.05) is 18.7 Å². The van der Waals surface area contributed by atoms with Crippen LogP contribution in [0.3, 0.4) is 0 Å². The Kier molecular flexibility index (Phi) is 5.09. The second-order valence-electron chi connectivity index (χ2n) is 6.62. The highest BCUT2D eigenvalue weighted by atomic mass is 32.2. The Balaban J connectivity index is 2.34. The van der Waals surface area contributed by atoms with Crippen LogP contribution in [0.2, 0.25) is 0 Å². The fraction of sp³-hybridized carbons (Fsp3) is 0.316. The highest BCUT2D eigenvalue weighted by Gasteiger charge is 2.26. The number of nitrogens with one attached hydrogen (secondary N) is 1. The van der Waals surface area contributed by atoms with E-state index in [1.165, 1.54) is 19.2 Å². The summed E-state index contributed by atoms with van der Waals surface area (Å²) in [5, 5.41) is 9.63. The molecule has 27 heavy (non-hydrogen) atoms. The van der Waals surface area contributed by atoms with Crippen molar-refractivity contribution in [1.29, 1.82) is 5.26 Å². The number of likely N-dealkylation sites (N-methyl/N-ethyl adjacent to an activating group) is 1. The largest absolute Gasteiger partial charge is 0.496 e. The first-order valence-electron chi connectivity index (χ1n) is 8.32. The predicted molar refractivity (Wildman–Crippen MR) is 102 cm³/mol. The number of nitrogens with zero attached hydrogens (tertiary/aromatic N) is 2. The molecule has 0 radical (unpaired) electrons. The van der Waals surface area contributed by atoms with Crippen LogP contribution in [0.1, 0.15) is 16.7 Å². The molecule has 0 fully saturated rings. The molecule has 2 aromatic rings. The lowest BCUT2D eigenvalue weighted by Crippen LogP contribution is -2.29. The van der Waals surface area contributed by atoms with Gasteiger partial charge in [0.25, 0.3) is 0 Å². The van der Waals surface area contributed by atoms with Crippen molar-refractivity contribution in [3.8, 4) is 22.9 Å². The number of hydrogen-bond donors (Lipinski definition) is 1. The zero-order valence-corrected chi connectivity index (χ0v) is 16.2. The average Bonchev–Trinajstić information content (AvgIpc) is 2.61. The van der Waals surface area contributed by atoms with Gasteiger partial charge < -0.3 is 9.64 Å². The lowest BCUT2D eigenvalue weighted by atomic mass is 9.87. The molecular weight excluding hydrogens is 369 g/mol. The third-order valence-electron chi connectivity index (χ3n) is 4.58. The van der Waals surface area contributed by atoms with Gasteiger partial charge in [-0.25, -0.2) is 12.8 Å².